The molecule has 154 valence electrons. The number of hydrogen-bond acceptors (Lipinski definition) is 4. The lowest BCUT2D eigenvalue weighted by molar-refractivity contribution is 0.402. The number of fused-ring (bicyclic) bond motifs is 1. The Hall–Kier alpha value is -2.74. The van der Waals surface area contributed by atoms with Crippen molar-refractivity contribution in [1.29, 1.82) is 0 Å². The molecule has 0 amide bonds. The number of sulfonamides is 1. The number of H-pyrrole nitrogens is 1. The van der Waals surface area contributed by atoms with Gasteiger partial charge >= 0.3 is 0 Å². The molecule has 0 saturated carbocycles. The van der Waals surface area contributed by atoms with Crippen LogP contribution in [0.5, 0.6) is 0 Å². The Labute approximate surface area is 179 Å². The van der Waals surface area contributed by atoms with Gasteiger partial charge in [0.25, 0.3) is 5.56 Å². The van der Waals surface area contributed by atoms with Gasteiger partial charge in [-0.2, -0.15) is 4.31 Å². The molecular formula is C23H22N2O3S2. The van der Waals surface area contributed by atoms with E-state index in [1.165, 1.54) is 15.6 Å². The smallest absolute Gasteiger partial charge is 0.252 e. The van der Waals surface area contributed by atoms with Gasteiger partial charge in [-0.1, -0.05) is 42.0 Å². The van der Waals surface area contributed by atoms with E-state index in [0.29, 0.717) is 5.56 Å². The number of para-hydroxylation sites is 1. The Kier molecular flexibility index (Phi) is 5.60. The minimum Gasteiger partial charge on any atom is -0.321 e. The van der Waals surface area contributed by atoms with Crippen LogP contribution in [0.25, 0.3) is 10.9 Å². The minimum absolute atomic E-state index is 0.00662. The highest BCUT2D eigenvalue weighted by Gasteiger charge is 2.26. The molecule has 1 N–H and O–H groups in total. The standard InChI is InChI=1S/C23H22N2O3S2/c1-16-8-10-21(11-9-16)30(27,28)25(15-20-7-4-12-29-20)14-19-13-18-6-3-5-17(2)22(18)24-23(19)26/h3-13H,14-15H2,1-2H3,(H,24,26). The van der Waals surface area contributed by atoms with E-state index < -0.39 is 10.0 Å². The first-order valence-corrected chi connectivity index (χ1v) is 11.9. The van der Waals surface area contributed by atoms with Crippen LogP contribution in [0.4, 0.5) is 0 Å². The van der Waals surface area contributed by atoms with Crippen molar-refractivity contribution in [2.45, 2.75) is 31.8 Å². The fourth-order valence-corrected chi connectivity index (χ4v) is 5.59. The maximum absolute atomic E-state index is 13.4. The van der Waals surface area contributed by atoms with E-state index in [1.54, 1.807) is 30.3 Å². The highest BCUT2D eigenvalue weighted by atomic mass is 32.2. The van der Waals surface area contributed by atoms with Crippen molar-refractivity contribution in [2.24, 2.45) is 0 Å². The maximum Gasteiger partial charge on any atom is 0.252 e. The number of nitrogens with one attached hydrogen (secondary N) is 1. The molecular weight excluding hydrogens is 416 g/mol. The Morgan fingerprint density at radius 1 is 0.967 bits per heavy atom. The quantitative estimate of drug-likeness (QED) is 0.478. The van der Waals surface area contributed by atoms with Crippen molar-refractivity contribution in [2.75, 3.05) is 0 Å². The lowest BCUT2D eigenvalue weighted by Crippen LogP contribution is -2.32. The number of benzene rings is 2. The van der Waals surface area contributed by atoms with Crippen LogP contribution in [0.3, 0.4) is 0 Å². The predicted molar refractivity (Wildman–Crippen MR) is 121 cm³/mol. The minimum atomic E-state index is -3.78. The number of hydrogen-bond donors (Lipinski definition) is 1. The molecule has 30 heavy (non-hydrogen) atoms. The molecule has 2 aromatic heterocycles. The van der Waals surface area contributed by atoms with Crippen LogP contribution >= 0.6 is 11.3 Å². The molecule has 0 atom stereocenters. The van der Waals surface area contributed by atoms with Crippen molar-refractivity contribution >= 4 is 32.3 Å². The van der Waals surface area contributed by atoms with E-state index in [4.69, 9.17) is 0 Å². The van der Waals surface area contributed by atoms with E-state index in [-0.39, 0.29) is 23.5 Å². The van der Waals surface area contributed by atoms with Gasteiger partial charge in [-0.15, -0.1) is 11.3 Å². The molecule has 4 rings (SSSR count). The monoisotopic (exact) mass is 438 g/mol. The highest BCUT2D eigenvalue weighted by Crippen LogP contribution is 2.24. The summed E-state index contributed by atoms with van der Waals surface area (Å²) in [4.78, 5) is 16.8. The fraction of sp³-hybridized carbons (Fsp3) is 0.174. The second-order valence-electron chi connectivity index (χ2n) is 7.33. The summed E-state index contributed by atoms with van der Waals surface area (Å²) >= 11 is 1.49. The second-order valence-corrected chi connectivity index (χ2v) is 10.3. The van der Waals surface area contributed by atoms with Gasteiger partial charge in [0.2, 0.25) is 10.0 Å². The van der Waals surface area contributed by atoms with Crippen LogP contribution in [-0.4, -0.2) is 17.7 Å². The van der Waals surface area contributed by atoms with Gasteiger partial charge in [0, 0.05) is 23.5 Å². The Balaban J connectivity index is 1.77. The van der Waals surface area contributed by atoms with E-state index >= 15 is 0 Å². The second kappa shape index (κ2) is 8.18. The van der Waals surface area contributed by atoms with Gasteiger partial charge in [-0.05, 0) is 54.4 Å². The molecule has 7 heteroatoms. The molecule has 5 nitrogen and oxygen atoms in total. The van der Waals surface area contributed by atoms with E-state index in [0.717, 1.165) is 26.9 Å². The summed E-state index contributed by atoms with van der Waals surface area (Å²) in [6, 6.07) is 18.1. The van der Waals surface area contributed by atoms with Gasteiger partial charge in [0.15, 0.2) is 0 Å². The molecule has 2 aromatic carbocycles. The predicted octanol–water partition coefficient (Wildman–Crippen LogP) is 4.60. The molecule has 0 bridgehead atoms. The number of thiophene rings is 1. The average molecular weight is 439 g/mol. The summed E-state index contributed by atoms with van der Waals surface area (Å²) in [6.07, 6.45) is 0. The third-order valence-electron chi connectivity index (χ3n) is 5.08. The topological polar surface area (TPSA) is 70.2 Å². The number of pyridine rings is 1. The van der Waals surface area contributed by atoms with Crippen LogP contribution in [0.2, 0.25) is 0 Å². The van der Waals surface area contributed by atoms with E-state index in [2.05, 4.69) is 4.98 Å². The summed E-state index contributed by atoms with van der Waals surface area (Å²) < 4.78 is 28.2. The van der Waals surface area contributed by atoms with Gasteiger partial charge in [-0.25, -0.2) is 8.42 Å². The SMILES string of the molecule is Cc1ccc(S(=O)(=O)N(Cc2cccs2)Cc2cc3cccc(C)c3[nH]c2=O)cc1. The Morgan fingerprint density at radius 3 is 2.43 bits per heavy atom. The molecule has 0 radical (unpaired) electrons. The van der Waals surface area contributed by atoms with Crippen molar-refractivity contribution < 1.29 is 8.42 Å². The largest absolute Gasteiger partial charge is 0.321 e. The summed E-state index contributed by atoms with van der Waals surface area (Å²) in [5.41, 5.74) is 2.88. The fourth-order valence-electron chi connectivity index (χ4n) is 3.40. The maximum atomic E-state index is 13.4. The van der Waals surface area contributed by atoms with Gasteiger partial charge in [0.1, 0.15) is 0 Å². The van der Waals surface area contributed by atoms with Gasteiger partial charge < -0.3 is 4.98 Å². The van der Waals surface area contributed by atoms with Gasteiger partial charge in [-0.3, -0.25) is 4.79 Å². The zero-order valence-corrected chi connectivity index (χ0v) is 18.4. The first kappa shape index (κ1) is 20.5. The van der Waals surface area contributed by atoms with Crippen LogP contribution in [0, 0.1) is 13.8 Å². The molecule has 0 fully saturated rings. The Bertz CT molecular complexity index is 1340. The van der Waals surface area contributed by atoms with E-state index in [9.17, 15) is 13.2 Å². The molecule has 0 aliphatic carbocycles. The molecule has 0 aliphatic rings. The summed E-state index contributed by atoms with van der Waals surface area (Å²) in [6.45, 7) is 4.05. The summed E-state index contributed by atoms with van der Waals surface area (Å²) in [5, 5.41) is 2.80. The van der Waals surface area contributed by atoms with Crippen molar-refractivity contribution in [3.8, 4) is 0 Å². The molecule has 2 heterocycles. The zero-order valence-electron chi connectivity index (χ0n) is 16.8. The average Bonchev–Trinajstić information content (AvgIpc) is 3.22. The third kappa shape index (κ3) is 4.09. The molecule has 0 aliphatic heterocycles. The number of aryl methyl sites for hydroxylation is 2. The lowest BCUT2D eigenvalue weighted by atomic mass is 10.1. The van der Waals surface area contributed by atoms with E-state index in [1.807, 2.05) is 49.6 Å². The first-order chi connectivity index (χ1) is 14.3. The zero-order chi connectivity index (χ0) is 21.3. The normalized spacial score (nSPS) is 12.0. The van der Waals surface area contributed by atoms with Crippen molar-refractivity contribution in [3.63, 3.8) is 0 Å². The first-order valence-electron chi connectivity index (χ1n) is 9.55. The molecule has 0 unspecified atom stereocenters. The molecule has 0 saturated heterocycles. The molecule has 0 spiro atoms. The van der Waals surface area contributed by atoms with Crippen LogP contribution < -0.4 is 5.56 Å². The lowest BCUT2D eigenvalue weighted by Gasteiger charge is -2.22. The Morgan fingerprint density at radius 2 is 1.73 bits per heavy atom. The van der Waals surface area contributed by atoms with Crippen LogP contribution in [-0.2, 0) is 23.1 Å². The highest BCUT2D eigenvalue weighted by molar-refractivity contribution is 7.89. The van der Waals surface area contributed by atoms with Gasteiger partial charge in [0.05, 0.1) is 10.4 Å². The summed E-state index contributed by atoms with van der Waals surface area (Å²) in [5.74, 6) is 0. The summed E-state index contributed by atoms with van der Waals surface area (Å²) in [7, 11) is -3.78. The van der Waals surface area contributed by atoms with Crippen LogP contribution in [0.15, 0.2) is 75.7 Å². The van der Waals surface area contributed by atoms with Crippen LogP contribution in [0.1, 0.15) is 21.6 Å². The third-order valence-corrected chi connectivity index (χ3v) is 7.75. The number of aromatic amines is 1. The van der Waals surface area contributed by atoms with Crippen molar-refractivity contribution in [3.05, 3.63) is 98.0 Å². The van der Waals surface area contributed by atoms with Crippen molar-refractivity contribution in [1.82, 2.24) is 9.29 Å². The number of aromatic nitrogens is 1. The molecule has 4 aromatic rings. The number of nitrogens with zero attached hydrogens (tertiary/aromatic N) is 1. The number of rotatable bonds is 6.